The molecule has 4 rings (SSSR count). The van der Waals surface area contributed by atoms with Crippen molar-refractivity contribution in [3.05, 3.63) is 78.3 Å². The first-order valence-electron chi connectivity index (χ1n) is 8.92. The summed E-state index contributed by atoms with van der Waals surface area (Å²) in [5.74, 6) is -1.45. The summed E-state index contributed by atoms with van der Waals surface area (Å²) in [6.07, 6.45) is 3.70. The SMILES string of the molecule is CNS(=O)(=O)c1cn(NC(=O)c2cnc(-c3cccc(F)c3)nc2)c2ccc(F)cc12. The van der Waals surface area contributed by atoms with Gasteiger partial charge in [0.2, 0.25) is 10.0 Å². The molecule has 2 aromatic carbocycles. The largest absolute Gasteiger partial charge is 0.273 e. The predicted molar refractivity (Wildman–Crippen MR) is 109 cm³/mol. The van der Waals surface area contributed by atoms with Crippen LogP contribution in [-0.4, -0.2) is 36.0 Å². The van der Waals surface area contributed by atoms with Gasteiger partial charge in [-0.1, -0.05) is 12.1 Å². The van der Waals surface area contributed by atoms with Crippen LogP contribution in [-0.2, 0) is 10.0 Å². The van der Waals surface area contributed by atoms with Crippen LogP contribution in [0, 0.1) is 11.6 Å². The van der Waals surface area contributed by atoms with Gasteiger partial charge in [0.1, 0.15) is 16.5 Å². The van der Waals surface area contributed by atoms with Crippen molar-refractivity contribution in [2.24, 2.45) is 0 Å². The Bertz CT molecular complexity index is 1400. The van der Waals surface area contributed by atoms with Crippen molar-refractivity contribution in [1.82, 2.24) is 19.4 Å². The second-order valence-electron chi connectivity index (χ2n) is 6.48. The van der Waals surface area contributed by atoms with Crippen molar-refractivity contribution in [2.75, 3.05) is 12.5 Å². The fourth-order valence-electron chi connectivity index (χ4n) is 2.98. The van der Waals surface area contributed by atoms with Crippen molar-refractivity contribution in [2.45, 2.75) is 4.90 Å². The van der Waals surface area contributed by atoms with Crippen molar-refractivity contribution in [3.8, 4) is 11.4 Å². The maximum atomic E-state index is 13.7. The molecule has 0 saturated carbocycles. The van der Waals surface area contributed by atoms with E-state index < -0.39 is 27.6 Å². The molecule has 158 valence electrons. The highest BCUT2D eigenvalue weighted by Crippen LogP contribution is 2.25. The van der Waals surface area contributed by atoms with Gasteiger partial charge in [0, 0.05) is 29.5 Å². The second kappa shape index (κ2) is 7.85. The summed E-state index contributed by atoms with van der Waals surface area (Å²) >= 11 is 0. The Hall–Kier alpha value is -3.70. The summed E-state index contributed by atoms with van der Waals surface area (Å²) in [5, 5.41) is 0.104. The monoisotopic (exact) mass is 443 g/mol. The lowest BCUT2D eigenvalue weighted by Gasteiger charge is -2.08. The molecule has 31 heavy (non-hydrogen) atoms. The number of hydrogen-bond donors (Lipinski definition) is 2. The van der Waals surface area contributed by atoms with E-state index in [1.54, 1.807) is 6.07 Å². The average Bonchev–Trinajstić information content (AvgIpc) is 3.12. The van der Waals surface area contributed by atoms with Gasteiger partial charge in [-0.3, -0.25) is 14.9 Å². The Balaban J connectivity index is 1.66. The molecule has 0 radical (unpaired) electrons. The van der Waals surface area contributed by atoms with Crippen LogP contribution in [0.25, 0.3) is 22.3 Å². The van der Waals surface area contributed by atoms with E-state index in [1.807, 2.05) is 0 Å². The summed E-state index contributed by atoms with van der Waals surface area (Å²) < 4.78 is 55.0. The van der Waals surface area contributed by atoms with Crippen LogP contribution in [0.2, 0.25) is 0 Å². The number of hydrogen-bond acceptors (Lipinski definition) is 5. The van der Waals surface area contributed by atoms with Crippen LogP contribution in [0.15, 0.2) is 66.0 Å². The molecule has 0 atom stereocenters. The van der Waals surface area contributed by atoms with Crippen molar-refractivity contribution in [1.29, 1.82) is 0 Å². The molecule has 0 aliphatic carbocycles. The molecule has 2 aromatic heterocycles. The number of aromatic nitrogens is 3. The molecule has 0 aliphatic heterocycles. The fourth-order valence-corrected chi connectivity index (χ4v) is 3.90. The molecule has 11 heteroatoms. The minimum atomic E-state index is -3.91. The van der Waals surface area contributed by atoms with E-state index in [4.69, 9.17) is 0 Å². The van der Waals surface area contributed by atoms with Gasteiger partial charge in [-0.25, -0.2) is 31.9 Å². The highest BCUT2D eigenvalue weighted by molar-refractivity contribution is 7.89. The molecule has 0 aliphatic rings. The number of benzene rings is 2. The van der Waals surface area contributed by atoms with Gasteiger partial charge < -0.3 is 0 Å². The topological polar surface area (TPSA) is 106 Å². The number of halogens is 2. The molecule has 1 amide bonds. The van der Waals surface area contributed by atoms with Crippen molar-refractivity contribution in [3.63, 3.8) is 0 Å². The number of nitrogens with one attached hydrogen (secondary N) is 2. The maximum absolute atomic E-state index is 13.7. The quantitative estimate of drug-likeness (QED) is 0.493. The molecule has 8 nitrogen and oxygen atoms in total. The Morgan fingerprint density at radius 3 is 2.42 bits per heavy atom. The summed E-state index contributed by atoms with van der Waals surface area (Å²) in [6.45, 7) is 0. The minimum absolute atomic E-state index is 0.0853. The van der Waals surface area contributed by atoms with Crippen molar-refractivity contribution >= 4 is 26.8 Å². The predicted octanol–water partition coefficient (Wildman–Crippen LogP) is 2.67. The lowest BCUT2D eigenvalue weighted by atomic mass is 10.2. The number of carbonyl (C=O) groups excluding carboxylic acids is 1. The Kier molecular flexibility index (Phi) is 5.21. The van der Waals surface area contributed by atoms with E-state index in [2.05, 4.69) is 20.1 Å². The lowest BCUT2D eigenvalue weighted by Crippen LogP contribution is -2.23. The molecule has 0 saturated heterocycles. The van der Waals surface area contributed by atoms with E-state index in [9.17, 15) is 22.0 Å². The van der Waals surface area contributed by atoms with Crippen LogP contribution in [0.3, 0.4) is 0 Å². The Morgan fingerprint density at radius 2 is 1.74 bits per heavy atom. The lowest BCUT2D eigenvalue weighted by molar-refractivity contribution is 0.101. The molecular weight excluding hydrogens is 428 g/mol. The van der Waals surface area contributed by atoms with Crippen LogP contribution < -0.4 is 10.1 Å². The zero-order valence-corrected chi connectivity index (χ0v) is 16.8. The Labute approximate surface area is 175 Å². The number of rotatable bonds is 5. The van der Waals surface area contributed by atoms with E-state index in [1.165, 1.54) is 54.6 Å². The van der Waals surface area contributed by atoms with Crippen LogP contribution in [0.5, 0.6) is 0 Å². The third kappa shape index (κ3) is 4.00. The first kappa shape index (κ1) is 20.6. The highest BCUT2D eigenvalue weighted by Gasteiger charge is 2.21. The van der Waals surface area contributed by atoms with Gasteiger partial charge >= 0.3 is 0 Å². The van der Waals surface area contributed by atoms with Crippen LogP contribution in [0.4, 0.5) is 8.78 Å². The maximum Gasteiger partial charge on any atom is 0.273 e. The molecule has 0 unspecified atom stereocenters. The van der Waals surface area contributed by atoms with Gasteiger partial charge in [0.25, 0.3) is 5.91 Å². The highest BCUT2D eigenvalue weighted by atomic mass is 32.2. The van der Waals surface area contributed by atoms with Gasteiger partial charge in [-0.05, 0) is 37.4 Å². The number of carbonyl (C=O) groups is 1. The molecule has 0 bridgehead atoms. The van der Waals surface area contributed by atoms with Crippen LogP contribution >= 0.6 is 0 Å². The molecule has 0 spiro atoms. The van der Waals surface area contributed by atoms with Gasteiger partial charge in [0.05, 0.1) is 11.1 Å². The summed E-state index contributed by atoms with van der Waals surface area (Å²) in [6, 6.07) is 9.28. The summed E-state index contributed by atoms with van der Waals surface area (Å²) in [5.41, 5.74) is 3.34. The van der Waals surface area contributed by atoms with E-state index >= 15 is 0 Å². The standard InChI is InChI=1S/C20H15F2N5O3S/c1-23-31(29,30)18-11-27(17-6-5-15(22)8-16(17)18)26-20(28)13-9-24-19(25-10-13)12-3-2-4-14(21)7-12/h2-11,23H,1H3,(H,26,28). The van der Waals surface area contributed by atoms with E-state index in [0.29, 0.717) is 5.56 Å². The fraction of sp³-hybridized carbons (Fsp3) is 0.0500. The van der Waals surface area contributed by atoms with Crippen LogP contribution in [0.1, 0.15) is 10.4 Å². The van der Waals surface area contributed by atoms with Gasteiger partial charge in [-0.15, -0.1) is 0 Å². The first-order chi connectivity index (χ1) is 14.8. The third-order valence-corrected chi connectivity index (χ3v) is 5.95. The number of fused-ring (bicyclic) bond motifs is 1. The second-order valence-corrected chi connectivity index (χ2v) is 8.33. The smallest absolute Gasteiger partial charge is 0.267 e. The first-order valence-corrected chi connectivity index (χ1v) is 10.4. The zero-order chi connectivity index (χ0) is 22.2. The minimum Gasteiger partial charge on any atom is -0.267 e. The van der Waals surface area contributed by atoms with E-state index in [-0.39, 0.29) is 27.2 Å². The number of nitrogens with zero attached hydrogens (tertiary/aromatic N) is 3. The van der Waals surface area contributed by atoms with Gasteiger partial charge in [0.15, 0.2) is 5.82 Å². The molecule has 2 heterocycles. The molecule has 2 N–H and O–H groups in total. The van der Waals surface area contributed by atoms with Crippen molar-refractivity contribution < 1.29 is 22.0 Å². The summed E-state index contributed by atoms with van der Waals surface area (Å²) in [7, 11) is -2.68. The third-order valence-electron chi connectivity index (χ3n) is 4.51. The Morgan fingerprint density at radius 1 is 1.03 bits per heavy atom. The number of sulfonamides is 1. The zero-order valence-electron chi connectivity index (χ0n) is 16.0. The van der Waals surface area contributed by atoms with Gasteiger partial charge in [-0.2, -0.15) is 0 Å². The average molecular weight is 443 g/mol. The molecule has 0 fully saturated rings. The summed E-state index contributed by atoms with van der Waals surface area (Å²) in [4.78, 5) is 20.6. The molecular formula is C20H15F2N5O3S. The number of amides is 1. The van der Waals surface area contributed by atoms with E-state index in [0.717, 1.165) is 12.1 Å². The normalized spacial score (nSPS) is 11.6. The molecule has 4 aromatic rings.